The van der Waals surface area contributed by atoms with Crippen molar-refractivity contribution in [2.24, 2.45) is 0 Å². The van der Waals surface area contributed by atoms with Crippen LogP contribution in [0.4, 0.5) is 5.82 Å². The highest BCUT2D eigenvalue weighted by Crippen LogP contribution is 2.24. The number of benzene rings is 1. The smallest absolute Gasteiger partial charge is 0.271 e. The van der Waals surface area contributed by atoms with Gasteiger partial charge < -0.3 is 15.4 Å². The summed E-state index contributed by atoms with van der Waals surface area (Å²) in [6.07, 6.45) is 3.22. The second-order valence-electron chi connectivity index (χ2n) is 6.81. The Hall–Kier alpha value is -3.31. The minimum atomic E-state index is -0.279. The molecule has 0 atom stereocenters. The molecule has 0 fully saturated rings. The molecule has 0 saturated carbocycles. The highest BCUT2D eigenvalue weighted by Gasteiger charge is 2.14. The van der Waals surface area contributed by atoms with E-state index in [1.54, 1.807) is 29.8 Å². The number of hydrogen-bond donors (Lipinski definition) is 2. The van der Waals surface area contributed by atoms with Crippen LogP contribution in [0.5, 0.6) is 0 Å². The first-order valence-electron chi connectivity index (χ1n) is 10.3. The molecular weight excluding hydrogens is 428 g/mol. The van der Waals surface area contributed by atoms with Gasteiger partial charge in [0.1, 0.15) is 11.5 Å². The molecule has 0 bridgehead atoms. The summed E-state index contributed by atoms with van der Waals surface area (Å²) >= 11 is 1.56. The van der Waals surface area contributed by atoms with E-state index in [0.29, 0.717) is 36.9 Å². The van der Waals surface area contributed by atoms with Crippen molar-refractivity contribution < 1.29 is 9.53 Å². The summed E-state index contributed by atoms with van der Waals surface area (Å²) in [6, 6.07) is 7.45. The van der Waals surface area contributed by atoms with Gasteiger partial charge in [0.25, 0.3) is 5.91 Å². The Bertz CT molecular complexity index is 1230. The van der Waals surface area contributed by atoms with Crippen LogP contribution in [0.2, 0.25) is 0 Å². The van der Waals surface area contributed by atoms with E-state index in [1.807, 2.05) is 24.3 Å². The Morgan fingerprint density at radius 1 is 1.12 bits per heavy atom. The summed E-state index contributed by atoms with van der Waals surface area (Å²) < 4.78 is 6.88. The number of nitrogens with one attached hydrogen (secondary N) is 2. The molecule has 10 nitrogen and oxygen atoms in total. The van der Waals surface area contributed by atoms with Crippen LogP contribution in [0.3, 0.4) is 0 Å². The first-order valence-corrected chi connectivity index (χ1v) is 11.3. The molecule has 11 heteroatoms. The maximum absolute atomic E-state index is 12.5. The van der Waals surface area contributed by atoms with Gasteiger partial charge >= 0.3 is 0 Å². The summed E-state index contributed by atoms with van der Waals surface area (Å²) in [7, 11) is 1.66. The summed E-state index contributed by atoms with van der Waals surface area (Å²) in [5.41, 5.74) is 2.44. The van der Waals surface area contributed by atoms with E-state index in [9.17, 15) is 4.79 Å². The monoisotopic (exact) mass is 452 g/mol. The number of carbonyl (C=O) groups is 1. The third-order valence-electron chi connectivity index (χ3n) is 4.64. The van der Waals surface area contributed by atoms with Gasteiger partial charge in [-0.2, -0.15) is 5.10 Å². The van der Waals surface area contributed by atoms with Crippen molar-refractivity contribution in [2.75, 3.05) is 37.9 Å². The van der Waals surface area contributed by atoms with Crippen molar-refractivity contribution in [3.8, 4) is 0 Å². The lowest BCUT2D eigenvalue weighted by Gasteiger charge is -2.09. The van der Waals surface area contributed by atoms with Crippen LogP contribution < -0.4 is 10.6 Å². The predicted molar refractivity (Wildman–Crippen MR) is 124 cm³/mol. The van der Waals surface area contributed by atoms with Crippen molar-refractivity contribution >= 4 is 45.6 Å². The van der Waals surface area contributed by atoms with Crippen molar-refractivity contribution in [3.05, 3.63) is 42.4 Å². The molecule has 0 aliphatic carbocycles. The van der Waals surface area contributed by atoms with Crippen LogP contribution in [-0.2, 0) is 11.3 Å². The third kappa shape index (κ3) is 4.94. The van der Waals surface area contributed by atoms with Crippen LogP contribution in [0, 0.1) is 0 Å². The lowest BCUT2D eigenvalue weighted by molar-refractivity contribution is 0.0947. The standard InChI is InChI=1S/C21H24N8O2S/c1-3-32-21-27-18(22-9-11-31-2)14-12-25-29(19(14)28-21)10-8-23-20(30)17-13-24-15-6-4-5-7-16(15)26-17/h4-7,12-13H,3,8-11H2,1-2H3,(H,23,30)(H,22,27,28). The molecule has 3 heterocycles. The van der Waals surface area contributed by atoms with Gasteiger partial charge in [0, 0.05) is 20.2 Å². The van der Waals surface area contributed by atoms with Crippen LogP contribution in [-0.4, -0.2) is 68.2 Å². The molecule has 1 amide bonds. The molecule has 0 saturated heterocycles. The Morgan fingerprint density at radius 3 is 2.78 bits per heavy atom. The van der Waals surface area contributed by atoms with Crippen molar-refractivity contribution in [2.45, 2.75) is 18.6 Å². The van der Waals surface area contributed by atoms with E-state index in [-0.39, 0.29) is 11.6 Å². The molecule has 166 valence electrons. The number of amides is 1. The molecule has 0 spiro atoms. The Morgan fingerprint density at radius 2 is 1.97 bits per heavy atom. The van der Waals surface area contributed by atoms with Gasteiger partial charge in [0.05, 0.1) is 42.0 Å². The van der Waals surface area contributed by atoms with Crippen LogP contribution in [0.15, 0.2) is 41.8 Å². The SMILES string of the molecule is CCSc1nc(NCCOC)c2cnn(CCNC(=O)c3cnc4ccccc4n3)c2n1. The molecule has 0 aliphatic heterocycles. The number of aromatic nitrogens is 6. The maximum Gasteiger partial charge on any atom is 0.271 e. The normalized spacial score (nSPS) is 11.2. The molecule has 0 aliphatic rings. The Kier molecular flexibility index (Phi) is 7.07. The second kappa shape index (κ2) is 10.3. The molecule has 4 aromatic rings. The fourth-order valence-corrected chi connectivity index (χ4v) is 3.70. The molecule has 0 radical (unpaired) electrons. The molecule has 1 aromatic carbocycles. The number of anilines is 1. The summed E-state index contributed by atoms with van der Waals surface area (Å²) in [4.78, 5) is 30.4. The first kappa shape index (κ1) is 21.9. The minimum Gasteiger partial charge on any atom is -0.383 e. The predicted octanol–water partition coefficient (Wildman–Crippen LogP) is 2.37. The molecule has 3 aromatic heterocycles. The number of ether oxygens (including phenoxy) is 1. The number of hydrogen-bond acceptors (Lipinski definition) is 9. The number of methoxy groups -OCH3 is 1. The fourth-order valence-electron chi connectivity index (χ4n) is 3.13. The van der Waals surface area contributed by atoms with Gasteiger partial charge in [-0.3, -0.25) is 9.78 Å². The Labute approximate surface area is 189 Å². The maximum atomic E-state index is 12.5. The highest BCUT2D eigenvalue weighted by molar-refractivity contribution is 7.99. The number of para-hydroxylation sites is 2. The van der Waals surface area contributed by atoms with Gasteiger partial charge in [0.15, 0.2) is 10.8 Å². The summed E-state index contributed by atoms with van der Waals surface area (Å²) in [5, 5.41) is 12.1. The Balaban J connectivity index is 1.46. The number of nitrogens with zero attached hydrogens (tertiary/aromatic N) is 6. The molecular formula is C21H24N8O2S. The molecule has 4 rings (SSSR count). The van der Waals surface area contributed by atoms with Crippen LogP contribution >= 0.6 is 11.8 Å². The van der Waals surface area contributed by atoms with Gasteiger partial charge in [-0.25, -0.2) is 19.6 Å². The third-order valence-corrected chi connectivity index (χ3v) is 5.37. The quantitative estimate of drug-likeness (QED) is 0.212. The highest BCUT2D eigenvalue weighted by atomic mass is 32.2. The zero-order valence-electron chi connectivity index (χ0n) is 17.9. The number of fused-ring (bicyclic) bond motifs is 2. The van der Waals surface area contributed by atoms with E-state index in [1.165, 1.54) is 6.20 Å². The molecule has 2 N–H and O–H groups in total. The second-order valence-corrected chi connectivity index (χ2v) is 8.04. The van der Waals surface area contributed by atoms with E-state index >= 15 is 0 Å². The zero-order chi connectivity index (χ0) is 22.3. The van der Waals surface area contributed by atoms with Gasteiger partial charge in [-0.1, -0.05) is 30.8 Å². The number of rotatable bonds is 10. The van der Waals surface area contributed by atoms with Crippen molar-refractivity contribution in [1.82, 2.24) is 35.0 Å². The van der Waals surface area contributed by atoms with E-state index < -0.39 is 0 Å². The van der Waals surface area contributed by atoms with Gasteiger partial charge in [0.2, 0.25) is 0 Å². The minimum absolute atomic E-state index is 0.279. The van der Waals surface area contributed by atoms with Crippen molar-refractivity contribution in [1.29, 1.82) is 0 Å². The topological polar surface area (TPSA) is 120 Å². The van der Waals surface area contributed by atoms with E-state index in [4.69, 9.17) is 4.74 Å². The number of carbonyl (C=O) groups excluding carboxylic acids is 1. The van der Waals surface area contributed by atoms with Gasteiger partial charge in [-0.15, -0.1) is 0 Å². The zero-order valence-corrected chi connectivity index (χ0v) is 18.7. The van der Waals surface area contributed by atoms with Crippen LogP contribution in [0.1, 0.15) is 17.4 Å². The summed E-state index contributed by atoms with van der Waals surface area (Å²) in [6.45, 7) is 4.09. The number of thioether (sulfide) groups is 1. The largest absolute Gasteiger partial charge is 0.383 e. The van der Waals surface area contributed by atoms with E-state index in [0.717, 1.165) is 28.1 Å². The van der Waals surface area contributed by atoms with Crippen LogP contribution in [0.25, 0.3) is 22.1 Å². The fraction of sp³-hybridized carbons (Fsp3) is 0.333. The molecule has 32 heavy (non-hydrogen) atoms. The summed E-state index contributed by atoms with van der Waals surface area (Å²) in [5.74, 6) is 1.31. The van der Waals surface area contributed by atoms with Gasteiger partial charge in [-0.05, 0) is 17.9 Å². The molecule has 0 unspecified atom stereocenters. The van der Waals surface area contributed by atoms with Crippen molar-refractivity contribution in [3.63, 3.8) is 0 Å². The van der Waals surface area contributed by atoms with E-state index in [2.05, 4.69) is 42.6 Å². The first-order chi connectivity index (χ1) is 15.7. The average Bonchev–Trinajstić information content (AvgIpc) is 3.22. The lowest BCUT2D eigenvalue weighted by atomic mass is 10.3. The lowest BCUT2D eigenvalue weighted by Crippen LogP contribution is -2.28. The average molecular weight is 453 g/mol.